The van der Waals surface area contributed by atoms with Crippen LogP contribution >= 0.6 is 22.6 Å². The monoisotopic (exact) mass is 355 g/mol. The van der Waals surface area contributed by atoms with Crippen molar-refractivity contribution in [2.24, 2.45) is 17.8 Å². The van der Waals surface area contributed by atoms with Gasteiger partial charge in [-0.1, -0.05) is 6.42 Å². The molecule has 3 heteroatoms. The number of carbonyl (C=O) groups is 1. The van der Waals surface area contributed by atoms with Crippen molar-refractivity contribution >= 4 is 34.2 Å². The van der Waals surface area contributed by atoms with Crippen molar-refractivity contribution in [1.82, 2.24) is 0 Å². The van der Waals surface area contributed by atoms with E-state index < -0.39 is 0 Å². The molecule has 3 atom stereocenters. The first kappa shape index (κ1) is 12.5. The Hall–Kier alpha value is -0.580. The van der Waals surface area contributed by atoms with E-state index in [9.17, 15) is 4.79 Å². The highest BCUT2D eigenvalue weighted by Crippen LogP contribution is 2.48. The predicted octanol–water partition coefficient (Wildman–Crippen LogP) is 3.97. The molecule has 1 amide bonds. The number of anilines is 1. The zero-order valence-electron chi connectivity index (χ0n) is 10.6. The molecule has 0 unspecified atom stereocenters. The molecular formula is C15H18INO. The van der Waals surface area contributed by atoms with E-state index in [0.717, 1.165) is 23.6 Å². The van der Waals surface area contributed by atoms with Crippen molar-refractivity contribution in [3.63, 3.8) is 0 Å². The Kier molecular flexibility index (Phi) is 3.34. The summed E-state index contributed by atoms with van der Waals surface area (Å²) in [6, 6.07) is 6.17. The second-order valence-corrected chi connectivity index (χ2v) is 6.98. The SMILES string of the molecule is Cc1cc(I)ccc1NC(=O)[C@@H]1C[C@H]2CC[C@H]1C2. The van der Waals surface area contributed by atoms with E-state index >= 15 is 0 Å². The van der Waals surface area contributed by atoms with Crippen molar-refractivity contribution in [3.05, 3.63) is 27.3 Å². The van der Waals surface area contributed by atoms with Crippen molar-refractivity contribution in [2.75, 3.05) is 5.32 Å². The van der Waals surface area contributed by atoms with Crippen LogP contribution in [0.5, 0.6) is 0 Å². The van der Waals surface area contributed by atoms with E-state index in [1.165, 1.54) is 22.8 Å². The van der Waals surface area contributed by atoms with Gasteiger partial charge in [0.25, 0.3) is 0 Å². The predicted molar refractivity (Wildman–Crippen MR) is 81.5 cm³/mol. The molecule has 2 fully saturated rings. The van der Waals surface area contributed by atoms with Crippen LogP contribution in [-0.2, 0) is 4.79 Å². The van der Waals surface area contributed by atoms with E-state index in [2.05, 4.69) is 40.9 Å². The Morgan fingerprint density at radius 3 is 2.78 bits per heavy atom. The summed E-state index contributed by atoms with van der Waals surface area (Å²) in [7, 11) is 0. The minimum Gasteiger partial charge on any atom is -0.326 e. The number of rotatable bonds is 2. The van der Waals surface area contributed by atoms with Crippen LogP contribution in [-0.4, -0.2) is 5.91 Å². The molecule has 0 aliphatic heterocycles. The van der Waals surface area contributed by atoms with E-state index in [1.54, 1.807) is 0 Å². The van der Waals surface area contributed by atoms with E-state index in [0.29, 0.717) is 5.92 Å². The first-order valence-electron chi connectivity index (χ1n) is 6.70. The lowest BCUT2D eigenvalue weighted by molar-refractivity contribution is -0.121. The summed E-state index contributed by atoms with van der Waals surface area (Å²) in [6.07, 6.45) is 5.00. The Bertz CT molecular complexity index is 485. The molecule has 2 bridgehead atoms. The van der Waals surface area contributed by atoms with Crippen molar-refractivity contribution in [3.8, 4) is 0 Å². The summed E-state index contributed by atoms with van der Waals surface area (Å²) >= 11 is 2.30. The Balaban J connectivity index is 1.71. The first-order valence-corrected chi connectivity index (χ1v) is 7.78. The fourth-order valence-corrected chi connectivity index (χ4v) is 4.21. The van der Waals surface area contributed by atoms with Gasteiger partial charge in [-0.2, -0.15) is 0 Å². The molecule has 3 rings (SSSR count). The van der Waals surface area contributed by atoms with Gasteiger partial charge in [0.15, 0.2) is 0 Å². The molecule has 1 aromatic rings. The van der Waals surface area contributed by atoms with Gasteiger partial charge in [-0.25, -0.2) is 0 Å². The fraction of sp³-hybridized carbons (Fsp3) is 0.533. The normalized spacial score (nSPS) is 29.6. The maximum absolute atomic E-state index is 12.3. The Labute approximate surface area is 122 Å². The minimum atomic E-state index is 0.242. The molecular weight excluding hydrogens is 337 g/mol. The zero-order chi connectivity index (χ0) is 12.7. The summed E-state index contributed by atoms with van der Waals surface area (Å²) in [5, 5.41) is 3.12. The van der Waals surface area contributed by atoms with Gasteiger partial charge < -0.3 is 5.32 Å². The maximum Gasteiger partial charge on any atom is 0.227 e. The van der Waals surface area contributed by atoms with Gasteiger partial charge >= 0.3 is 0 Å². The van der Waals surface area contributed by atoms with E-state index in [-0.39, 0.29) is 11.8 Å². The Morgan fingerprint density at radius 1 is 1.33 bits per heavy atom. The molecule has 18 heavy (non-hydrogen) atoms. The highest BCUT2D eigenvalue weighted by Gasteiger charge is 2.43. The zero-order valence-corrected chi connectivity index (χ0v) is 12.7. The van der Waals surface area contributed by atoms with Crippen molar-refractivity contribution < 1.29 is 4.79 Å². The maximum atomic E-state index is 12.3. The summed E-state index contributed by atoms with van der Waals surface area (Å²) in [5.41, 5.74) is 2.13. The molecule has 2 aliphatic carbocycles. The van der Waals surface area contributed by atoms with Crippen molar-refractivity contribution in [1.29, 1.82) is 0 Å². The van der Waals surface area contributed by atoms with Gasteiger partial charge in [-0.05, 0) is 84.4 Å². The van der Waals surface area contributed by atoms with Gasteiger partial charge in [-0.3, -0.25) is 4.79 Å². The van der Waals surface area contributed by atoms with Crippen molar-refractivity contribution in [2.45, 2.75) is 32.6 Å². The third-order valence-corrected chi connectivity index (χ3v) is 5.19. The standard InChI is InChI=1S/C15H18INO/c1-9-6-12(16)4-5-14(9)17-15(18)13-8-10-2-3-11(13)7-10/h4-6,10-11,13H,2-3,7-8H2,1H3,(H,17,18)/t10-,11-,13+/m0/s1. The molecule has 0 saturated heterocycles. The number of benzene rings is 1. The number of carbonyl (C=O) groups excluding carboxylic acids is 1. The van der Waals surface area contributed by atoms with E-state index in [4.69, 9.17) is 0 Å². The van der Waals surface area contributed by atoms with Crippen LogP contribution in [0.2, 0.25) is 0 Å². The topological polar surface area (TPSA) is 29.1 Å². The number of nitrogens with one attached hydrogen (secondary N) is 1. The van der Waals surface area contributed by atoms with Crippen LogP contribution in [0, 0.1) is 28.2 Å². The number of hydrogen-bond donors (Lipinski definition) is 1. The quantitative estimate of drug-likeness (QED) is 0.799. The third-order valence-electron chi connectivity index (χ3n) is 4.52. The van der Waals surface area contributed by atoms with Gasteiger partial charge in [0.05, 0.1) is 0 Å². The average Bonchev–Trinajstić information content (AvgIpc) is 2.94. The summed E-state index contributed by atoms with van der Waals surface area (Å²) < 4.78 is 1.21. The highest BCUT2D eigenvalue weighted by atomic mass is 127. The molecule has 0 spiro atoms. The molecule has 0 aromatic heterocycles. The number of fused-ring (bicyclic) bond motifs is 2. The Morgan fingerprint density at radius 2 is 2.17 bits per heavy atom. The third kappa shape index (κ3) is 2.29. The molecule has 0 heterocycles. The number of aryl methyl sites for hydroxylation is 1. The summed E-state index contributed by atoms with van der Waals surface area (Å²) in [4.78, 5) is 12.3. The number of hydrogen-bond acceptors (Lipinski definition) is 1. The number of halogens is 1. The van der Waals surface area contributed by atoms with Gasteiger partial charge in [0.2, 0.25) is 5.91 Å². The van der Waals surface area contributed by atoms with Crippen LogP contribution in [0.4, 0.5) is 5.69 Å². The average molecular weight is 355 g/mol. The molecule has 96 valence electrons. The second-order valence-electron chi connectivity index (χ2n) is 5.73. The lowest BCUT2D eigenvalue weighted by atomic mass is 9.88. The minimum absolute atomic E-state index is 0.242. The lowest BCUT2D eigenvalue weighted by Gasteiger charge is -2.21. The first-order chi connectivity index (χ1) is 8.63. The largest absolute Gasteiger partial charge is 0.326 e. The molecule has 1 N–H and O–H groups in total. The van der Waals surface area contributed by atoms with Crippen LogP contribution in [0.15, 0.2) is 18.2 Å². The van der Waals surface area contributed by atoms with Gasteiger partial charge in [-0.15, -0.1) is 0 Å². The summed E-state index contributed by atoms with van der Waals surface area (Å²) in [6.45, 7) is 2.05. The van der Waals surface area contributed by atoms with Gasteiger partial charge in [0.1, 0.15) is 0 Å². The highest BCUT2D eigenvalue weighted by molar-refractivity contribution is 14.1. The fourth-order valence-electron chi connectivity index (χ4n) is 3.56. The smallest absolute Gasteiger partial charge is 0.227 e. The van der Waals surface area contributed by atoms with Crippen LogP contribution in [0.3, 0.4) is 0 Å². The van der Waals surface area contributed by atoms with Crippen LogP contribution < -0.4 is 5.32 Å². The molecule has 1 aromatic carbocycles. The second kappa shape index (κ2) is 4.83. The van der Waals surface area contributed by atoms with E-state index in [1.807, 2.05) is 12.1 Å². The van der Waals surface area contributed by atoms with Crippen LogP contribution in [0.1, 0.15) is 31.2 Å². The molecule has 0 radical (unpaired) electrons. The lowest BCUT2D eigenvalue weighted by Crippen LogP contribution is -2.27. The molecule has 2 saturated carbocycles. The molecule has 2 aliphatic rings. The number of amides is 1. The summed E-state index contributed by atoms with van der Waals surface area (Å²) in [5.74, 6) is 1.98. The molecule has 2 nitrogen and oxygen atoms in total. The van der Waals surface area contributed by atoms with Gasteiger partial charge in [0, 0.05) is 15.2 Å². The van der Waals surface area contributed by atoms with Crippen LogP contribution in [0.25, 0.3) is 0 Å².